The van der Waals surface area contributed by atoms with Crippen molar-refractivity contribution in [3.63, 3.8) is 0 Å². The van der Waals surface area contributed by atoms with Crippen LogP contribution in [0.4, 0.5) is 0 Å². The molecule has 0 aliphatic rings. The Morgan fingerprint density at radius 2 is 1.68 bits per heavy atom. The minimum Gasteiger partial charge on any atom is -0.497 e. The van der Waals surface area contributed by atoms with Crippen molar-refractivity contribution in [2.75, 3.05) is 20.8 Å². The maximum absolute atomic E-state index is 12.1. The third kappa shape index (κ3) is 5.71. The number of amides is 1. The number of hydrogen-bond acceptors (Lipinski definition) is 4. The van der Waals surface area contributed by atoms with E-state index in [0.29, 0.717) is 12.3 Å². The topological polar surface area (TPSA) is 56.8 Å². The van der Waals surface area contributed by atoms with Crippen LogP contribution in [-0.4, -0.2) is 32.8 Å². The highest BCUT2D eigenvalue weighted by Gasteiger charge is 2.14. The molecule has 2 rings (SSSR count). The summed E-state index contributed by atoms with van der Waals surface area (Å²) in [6, 6.07) is 15.1. The Morgan fingerprint density at radius 1 is 1.00 bits per heavy atom. The van der Waals surface area contributed by atoms with Crippen molar-refractivity contribution in [2.45, 2.75) is 25.9 Å². The summed E-state index contributed by atoms with van der Waals surface area (Å²) in [5.74, 6) is 2.14. The summed E-state index contributed by atoms with van der Waals surface area (Å²) in [4.78, 5) is 12.1. The molecule has 0 unspecified atom stereocenters. The minimum absolute atomic E-state index is 0.129. The van der Waals surface area contributed by atoms with Crippen LogP contribution in [0.3, 0.4) is 0 Å². The quantitative estimate of drug-likeness (QED) is 0.710. The van der Waals surface area contributed by atoms with Crippen LogP contribution in [0.15, 0.2) is 48.5 Å². The normalized spacial score (nSPS) is 11.5. The van der Waals surface area contributed by atoms with Crippen LogP contribution >= 0.6 is 0 Å². The lowest BCUT2D eigenvalue weighted by atomic mass is 10.1. The summed E-state index contributed by atoms with van der Waals surface area (Å²) < 4.78 is 16.1. The van der Waals surface area contributed by atoms with Gasteiger partial charge in [-0.2, -0.15) is 0 Å². The molecule has 25 heavy (non-hydrogen) atoms. The second-order valence-corrected chi connectivity index (χ2v) is 5.64. The van der Waals surface area contributed by atoms with Crippen LogP contribution in [0.5, 0.6) is 17.2 Å². The predicted molar refractivity (Wildman–Crippen MR) is 97.4 cm³/mol. The molecule has 0 aliphatic carbocycles. The number of para-hydroxylation sites is 1. The Hall–Kier alpha value is -2.69. The molecule has 0 aromatic heterocycles. The van der Waals surface area contributed by atoms with E-state index in [-0.39, 0.29) is 5.91 Å². The number of ether oxygens (including phenoxy) is 3. The van der Waals surface area contributed by atoms with Gasteiger partial charge in [0.05, 0.1) is 14.2 Å². The molecule has 0 radical (unpaired) electrons. The van der Waals surface area contributed by atoms with E-state index in [9.17, 15) is 4.79 Å². The number of aryl methyl sites for hydroxylation is 1. The Kier molecular flexibility index (Phi) is 7.14. The third-order valence-corrected chi connectivity index (χ3v) is 3.86. The van der Waals surface area contributed by atoms with Crippen LogP contribution in [0.25, 0.3) is 0 Å². The number of nitrogens with one attached hydrogen (secondary N) is 1. The highest BCUT2D eigenvalue weighted by Crippen LogP contribution is 2.19. The zero-order valence-electron chi connectivity index (χ0n) is 15.0. The van der Waals surface area contributed by atoms with Gasteiger partial charge in [-0.15, -0.1) is 0 Å². The summed E-state index contributed by atoms with van der Waals surface area (Å²) in [6.45, 7) is 2.33. The first-order valence-electron chi connectivity index (χ1n) is 8.34. The number of rotatable bonds is 9. The molecule has 0 fully saturated rings. The van der Waals surface area contributed by atoms with Gasteiger partial charge in [0.25, 0.3) is 5.91 Å². The van der Waals surface area contributed by atoms with Gasteiger partial charge in [0, 0.05) is 6.54 Å². The molecule has 1 atom stereocenters. The standard InChI is InChI=1S/C20H25NO4/c1-15(25-18-12-10-17(23-2)11-13-18)20(22)21-14-6-8-16-7-4-5-9-19(16)24-3/h4-5,7,9-13,15H,6,8,14H2,1-3H3,(H,21,22)/t15-/m0/s1. The molecule has 2 aromatic carbocycles. The number of hydrogen-bond donors (Lipinski definition) is 1. The molecule has 0 saturated heterocycles. The molecule has 0 aliphatic heterocycles. The zero-order valence-corrected chi connectivity index (χ0v) is 15.0. The van der Waals surface area contributed by atoms with E-state index in [0.717, 1.165) is 29.9 Å². The maximum atomic E-state index is 12.1. The lowest BCUT2D eigenvalue weighted by molar-refractivity contribution is -0.127. The first kappa shape index (κ1) is 18.6. The van der Waals surface area contributed by atoms with Gasteiger partial charge >= 0.3 is 0 Å². The first-order valence-corrected chi connectivity index (χ1v) is 8.34. The van der Waals surface area contributed by atoms with Crippen LogP contribution in [-0.2, 0) is 11.2 Å². The van der Waals surface area contributed by atoms with Gasteiger partial charge in [0.2, 0.25) is 0 Å². The van der Waals surface area contributed by atoms with E-state index in [2.05, 4.69) is 5.32 Å². The molecule has 0 spiro atoms. The highest BCUT2D eigenvalue weighted by molar-refractivity contribution is 5.80. The summed E-state index contributed by atoms with van der Waals surface area (Å²) in [5.41, 5.74) is 1.14. The van der Waals surface area contributed by atoms with Crippen molar-refractivity contribution >= 4 is 5.91 Å². The monoisotopic (exact) mass is 343 g/mol. The maximum Gasteiger partial charge on any atom is 0.260 e. The zero-order chi connectivity index (χ0) is 18.1. The van der Waals surface area contributed by atoms with Crippen LogP contribution in [0, 0.1) is 0 Å². The van der Waals surface area contributed by atoms with Crippen molar-refractivity contribution in [3.8, 4) is 17.2 Å². The van der Waals surface area contributed by atoms with Gasteiger partial charge in [-0.05, 0) is 55.7 Å². The largest absolute Gasteiger partial charge is 0.497 e. The Labute approximate surface area is 148 Å². The molecular formula is C20H25NO4. The first-order chi connectivity index (χ1) is 12.1. The van der Waals surface area contributed by atoms with E-state index in [1.165, 1.54) is 0 Å². The average molecular weight is 343 g/mol. The van der Waals surface area contributed by atoms with Crippen molar-refractivity contribution in [3.05, 3.63) is 54.1 Å². The highest BCUT2D eigenvalue weighted by atomic mass is 16.5. The van der Waals surface area contributed by atoms with E-state index >= 15 is 0 Å². The second-order valence-electron chi connectivity index (χ2n) is 5.64. The molecule has 1 amide bonds. The fraction of sp³-hybridized carbons (Fsp3) is 0.350. The third-order valence-electron chi connectivity index (χ3n) is 3.86. The van der Waals surface area contributed by atoms with Gasteiger partial charge < -0.3 is 19.5 Å². The van der Waals surface area contributed by atoms with E-state index in [1.807, 2.05) is 24.3 Å². The lowest BCUT2D eigenvalue weighted by Crippen LogP contribution is -2.36. The SMILES string of the molecule is COc1ccc(O[C@@H](C)C(=O)NCCCc2ccccc2OC)cc1. The predicted octanol–water partition coefficient (Wildman–Crippen LogP) is 3.22. The second kappa shape index (κ2) is 9.57. The van der Waals surface area contributed by atoms with Gasteiger partial charge in [0.15, 0.2) is 6.10 Å². The van der Waals surface area contributed by atoms with Crippen LogP contribution in [0.1, 0.15) is 18.9 Å². The Morgan fingerprint density at radius 3 is 2.36 bits per heavy atom. The molecular weight excluding hydrogens is 318 g/mol. The van der Waals surface area contributed by atoms with E-state index < -0.39 is 6.10 Å². The molecule has 0 saturated carbocycles. The van der Waals surface area contributed by atoms with E-state index in [4.69, 9.17) is 14.2 Å². The Bertz CT molecular complexity index is 670. The van der Waals surface area contributed by atoms with Gasteiger partial charge in [-0.25, -0.2) is 0 Å². The van der Waals surface area contributed by atoms with Crippen LogP contribution < -0.4 is 19.5 Å². The lowest BCUT2D eigenvalue weighted by Gasteiger charge is -2.15. The molecule has 2 aromatic rings. The molecule has 134 valence electrons. The molecule has 5 heteroatoms. The van der Waals surface area contributed by atoms with Gasteiger partial charge in [0.1, 0.15) is 17.2 Å². The van der Waals surface area contributed by atoms with Gasteiger partial charge in [-0.1, -0.05) is 18.2 Å². The van der Waals surface area contributed by atoms with Crippen molar-refractivity contribution < 1.29 is 19.0 Å². The number of carbonyl (C=O) groups is 1. The molecule has 0 bridgehead atoms. The van der Waals surface area contributed by atoms with Crippen molar-refractivity contribution in [2.24, 2.45) is 0 Å². The van der Waals surface area contributed by atoms with Crippen molar-refractivity contribution in [1.29, 1.82) is 0 Å². The average Bonchev–Trinajstić information content (AvgIpc) is 2.65. The smallest absolute Gasteiger partial charge is 0.260 e. The summed E-state index contributed by atoms with van der Waals surface area (Å²) in [5, 5.41) is 2.90. The molecule has 5 nitrogen and oxygen atoms in total. The fourth-order valence-corrected chi connectivity index (χ4v) is 2.46. The Balaban J connectivity index is 1.73. The summed E-state index contributed by atoms with van der Waals surface area (Å²) in [7, 11) is 3.27. The number of benzene rings is 2. The molecule has 1 N–H and O–H groups in total. The number of methoxy groups -OCH3 is 2. The van der Waals surface area contributed by atoms with Crippen LogP contribution in [0.2, 0.25) is 0 Å². The fourth-order valence-electron chi connectivity index (χ4n) is 2.46. The minimum atomic E-state index is -0.556. The number of carbonyl (C=O) groups excluding carboxylic acids is 1. The van der Waals surface area contributed by atoms with Gasteiger partial charge in [-0.3, -0.25) is 4.79 Å². The molecule has 0 heterocycles. The summed E-state index contributed by atoms with van der Waals surface area (Å²) in [6.07, 6.45) is 1.12. The van der Waals surface area contributed by atoms with Crippen molar-refractivity contribution in [1.82, 2.24) is 5.32 Å². The summed E-state index contributed by atoms with van der Waals surface area (Å²) >= 11 is 0. The van der Waals surface area contributed by atoms with E-state index in [1.54, 1.807) is 45.4 Å².